The first-order valence-electron chi connectivity index (χ1n) is 13.1. The average molecular weight is 585 g/mol. The van der Waals surface area contributed by atoms with Gasteiger partial charge in [0.05, 0.1) is 29.7 Å². The number of nitrogens with zero attached hydrogens (tertiary/aromatic N) is 2. The summed E-state index contributed by atoms with van der Waals surface area (Å²) < 4.78 is 47.8. The van der Waals surface area contributed by atoms with E-state index in [0.717, 1.165) is 0 Å². The van der Waals surface area contributed by atoms with Gasteiger partial charge in [-0.2, -0.15) is 0 Å². The van der Waals surface area contributed by atoms with Gasteiger partial charge in [0, 0.05) is 30.9 Å². The Morgan fingerprint density at radius 3 is 2.44 bits per heavy atom. The van der Waals surface area contributed by atoms with Crippen molar-refractivity contribution in [3.63, 3.8) is 0 Å². The Hall–Kier alpha value is -4.16. The minimum absolute atomic E-state index is 0.0701. The third-order valence-electron chi connectivity index (χ3n) is 6.87. The lowest BCUT2D eigenvalue weighted by Gasteiger charge is -2.38. The Morgan fingerprint density at radius 1 is 1.12 bits per heavy atom. The third-order valence-corrected chi connectivity index (χ3v) is 8.26. The van der Waals surface area contributed by atoms with E-state index in [1.54, 1.807) is 32.2 Å². The molecule has 3 amide bonds. The van der Waals surface area contributed by atoms with Crippen LogP contribution in [0.15, 0.2) is 77.7 Å². The van der Waals surface area contributed by atoms with E-state index in [1.165, 1.54) is 64.4 Å². The minimum atomic E-state index is -3.91. The summed E-state index contributed by atoms with van der Waals surface area (Å²) in [4.78, 5) is 29.5. The SMILES string of the molecule is C[C@@H]1CN([C@H](C)CO)C(=O)c2cc(NS(=O)(=O)c3ccccc3)ccc2O[C@@H]1CN(C)C(=O)Nc1ccc(F)cc1. The first kappa shape index (κ1) is 29.8. The zero-order valence-electron chi connectivity index (χ0n) is 23.0. The predicted octanol–water partition coefficient (Wildman–Crippen LogP) is 4.01. The maximum Gasteiger partial charge on any atom is 0.321 e. The number of carbonyl (C=O) groups excluding carboxylic acids is 2. The summed E-state index contributed by atoms with van der Waals surface area (Å²) in [5, 5.41) is 12.6. The number of aliphatic hydroxyl groups is 1. The van der Waals surface area contributed by atoms with Crippen molar-refractivity contribution >= 4 is 33.3 Å². The third kappa shape index (κ3) is 7.14. The van der Waals surface area contributed by atoms with Crippen molar-refractivity contribution in [2.24, 2.45) is 5.92 Å². The number of anilines is 2. The highest BCUT2D eigenvalue weighted by Gasteiger charge is 2.34. The highest BCUT2D eigenvalue weighted by molar-refractivity contribution is 7.92. The number of ether oxygens (including phenoxy) is 1. The number of hydrogen-bond acceptors (Lipinski definition) is 6. The fraction of sp³-hybridized carbons (Fsp3) is 0.310. The summed E-state index contributed by atoms with van der Waals surface area (Å²) in [5.74, 6) is -0.871. The van der Waals surface area contributed by atoms with Gasteiger partial charge in [0.25, 0.3) is 15.9 Å². The van der Waals surface area contributed by atoms with Crippen LogP contribution in [0.5, 0.6) is 5.75 Å². The predicted molar refractivity (Wildman–Crippen MR) is 153 cm³/mol. The van der Waals surface area contributed by atoms with Gasteiger partial charge in [-0.05, 0) is 61.5 Å². The molecule has 0 unspecified atom stereocenters. The van der Waals surface area contributed by atoms with Crippen molar-refractivity contribution in [1.82, 2.24) is 9.80 Å². The molecule has 3 atom stereocenters. The number of nitrogens with one attached hydrogen (secondary N) is 2. The molecule has 4 rings (SSSR count). The van der Waals surface area contributed by atoms with Gasteiger partial charge >= 0.3 is 6.03 Å². The second kappa shape index (κ2) is 12.6. The van der Waals surface area contributed by atoms with Crippen molar-refractivity contribution in [2.45, 2.75) is 30.9 Å². The van der Waals surface area contributed by atoms with Gasteiger partial charge in [0.1, 0.15) is 17.7 Å². The molecular weight excluding hydrogens is 551 g/mol. The van der Waals surface area contributed by atoms with Gasteiger partial charge in [0.2, 0.25) is 0 Å². The molecule has 0 aromatic heterocycles. The summed E-state index contributed by atoms with van der Waals surface area (Å²) in [5.41, 5.74) is 0.718. The summed E-state index contributed by atoms with van der Waals surface area (Å²) in [6, 6.07) is 16.7. The number of rotatable bonds is 8. The van der Waals surface area contributed by atoms with Gasteiger partial charge < -0.3 is 25.0 Å². The van der Waals surface area contributed by atoms with E-state index >= 15 is 0 Å². The second-order valence-electron chi connectivity index (χ2n) is 10.1. The van der Waals surface area contributed by atoms with Crippen LogP contribution in [0.3, 0.4) is 0 Å². The molecule has 10 nitrogen and oxygen atoms in total. The molecule has 0 bridgehead atoms. The normalized spacial score (nSPS) is 17.9. The molecule has 3 aromatic rings. The average Bonchev–Trinajstić information content (AvgIpc) is 2.96. The number of urea groups is 1. The smallest absolute Gasteiger partial charge is 0.321 e. The topological polar surface area (TPSA) is 128 Å². The van der Waals surface area contributed by atoms with E-state index < -0.39 is 39.9 Å². The Labute approximate surface area is 238 Å². The molecule has 3 aromatic carbocycles. The summed E-state index contributed by atoms with van der Waals surface area (Å²) in [7, 11) is -2.32. The van der Waals surface area contributed by atoms with Gasteiger partial charge in [-0.3, -0.25) is 9.52 Å². The standard InChI is InChI=1S/C29H33FN4O6S/c1-19-16-34(20(2)18-35)28(36)25-15-23(32-41(38,39)24-7-5-4-6-8-24)13-14-26(25)40-27(19)17-33(3)29(37)31-22-11-9-21(30)10-12-22/h4-15,19-20,27,32,35H,16-18H2,1-3H3,(H,31,37)/t19-,20-,27-/m1/s1. The zero-order chi connectivity index (χ0) is 29.7. The van der Waals surface area contributed by atoms with Crippen LogP contribution < -0.4 is 14.8 Å². The molecule has 0 aliphatic carbocycles. The number of fused-ring (bicyclic) bond motifs is 1. The molecule has 0 radical (unpaired) electrons. The van der Waals surface area contributed by atoms with Crippen molar-refractivity contribution in [3.8, 4) is 5.75 Å². The fourth-order valence-corrected chi connectivity index (χ4v) is 5.49. The summed E-state index contributed by atoms with van der Waals surface area (Å²) in [6.07, 6.45) is -0.564. The lowest BCUT2D eigenvalue weighted by Crippen LogP contribution is -2.50. The highest BCUT2D eigenvalue weighted by atomic mass is 32.2. The number of sulfonamides is 1. The molecule has 0 saturated heterocycles. The number of aliphatic hydroxyl groups excluding tert-OH is 1. The van der Waals surface area contributed by atoms with Gasteiger partial charge in [0.15, 0.2) is 0 Å². The number of likely N-dealkylation sites (N-methyl/N-ethyl adjacent to an activating group) is 1. The molecule has 0 fully saturated rings. The van der Waals surface area contributed by atoms with Crippen LogP contribution in [0, 0.1) is 11.7 Å². The van der Waals surface area contributed by atoms with Gasteiger partial charge in [-0.25, -0.2) is 17.6 Å². The lowest BCUT2D eigenvalue weighted by molar-refractivity contribution is 0.0371. The Morgan fingerprint density at radius 2 is 1.78 bits per heavy atom. The lowest BCUT2D eigenvalue weighted by atomic mass is 9.99. The van der Waals surface area contributed by atoms with Crippen LogP contribution in [0.2, 0.25) is 0 Å². The van der Waals surface area contributed by atoms with E-state index in [1.807, 2.05) is 6.92 Å². The van der Waals surface area contributed by atoms with Crippen LogP contribution in [0.4, 0.5) is 20.6 Å². The number of hydrogen-bond donors (Lipinski definition) is 3. The molecule has 218 valence electrons. The van der Waals surface area contributed by atoms with E-state index in [4.69, 9.17) is 4.74 Å². The van der Waals surface area contributed by atoms with Crippen molar-refractivity contribution in [2.75, 3.05) is 36.8 Å². The molecule has 0 saturated carbocycles. The Kier molecular flexibility index (Phi) is 9.14. The van der Waals surface area contributed by atoms with Crippen molar-refractivity contribution < 1.29 is 32.2 Å². The zero-order valence-corrected chi connectivity index (χ0v) is 23.8. The van der Waals surface area contributed by atoms with E-state index in [9.17, 15) is 27.5 Å². The van der Waals surface area contributed by atoms with Crippen molar-refractivity contribution in [1.29, 1.82) is 0 Å². The molecule has 0 spiro atoms. The molecule has 1 heterocycles. The summed E-state index contributed by atoms with van der Waals surface area (Å²) in [6.45, 7) is 3.68. The van der Waals surface area contributed by atoms with Crippen LogP contribution in [-0.4, -0.2) is 74.2 Å². The molecule has 1 aliphatic rings. The van der Waals surface area contributed by atoms with E-state index in [2.05, 4.69) is 10.0 Å². The number of carbonyl (C=O) groups is 2. The molecule has 3 N–H and O–H groups in total. The van der Waals surface area contributed by atoms with Gasteiger partial charge in [-0.1, -0.05) is 25.1 Å². The highest BCUT2D eigenvalue weighted by Crippen LogP contribution is 2.31. The van der Waals surface area contributed by atoms with Crippen molar-refractivity contribution in [3.05, 3.63) is 84.2 Å². The second-order valence-corrected chi connectivity index (χ2v) is 11.8. The Bertz CT molecular complexity index is 1490. The Balaban J connectivity index is 1.60. The molecular formula is C29H33FN4O6S. The van der Waals surface area contributed by atoms with Crippen LogP contribution >= 0.6 is 0 Å². The maximum atomic E-state index is 13.6. The van der Waals surface area contributed by atoms with E-state index in [0.29, 0.717) is 5.69 Å². The van der Waals surface area contributed by atoms with Crippen LogP contribution in [-0.2, 0) is 10.0 Å². The largest absolute Gasteiger partial charge is 0.487 e. The first-order valence-corrected chi connectivity index (χ1v) is 14.5. The number of halogens is 1. The maximum absolute atomic E-state index is 13.6. The monoisotopic (exact) mass is 584 g/mol. The van der Waals surface area contributed by atoms with Crippen LogP contribution in [0.1, 0.15) is 24.2 Å². The molecule has 1 aliphatic heterocycles. The molecule has 12 heteroatoms. The number of benzene rings is 3. The minimum Gasteiger partial charge on any atom is -0.487 e. The summed E-state index contributed by atoms with van der Waals surface area (Å²) >= 11 is 0. The molecule has 41 heavy (non-hydrogen) atoms. The first-order chi connectivity index (χ1) is 19.5. The van der Waals surface area contributed by atoms with Crippen LogP contribution in [0.25, 0.3) is 0 Å². The quantitative estimate of drug-likeness (QED) is 0.367. The van der Waals surface area contributed by atoms with E-state index in [-0.39, 0.29) is 47.5 Å². The van der Waals surface area contributed by atoms with Gasteiger partial charge in [-0.15, -0.1) is 0 Å². The fourth-order valence-electron chi connectivity index (χ4n) is 4.42. The number of amides is 3.